The summed E-state index contributed by atoms with van der Waals surface area (Å²) >= 11 is 2.82. The number of aryl methyl sites for hydroxylation is 1. The van der Waals surface area contributed by atoms with Gasteiger partial charge in [-0.15, -0.1) is 21.5 Å². The largest absolute Gasteiger partial charge is 0.497 e. The molecule has 0 aliphatic carbocycles. The van der Waals surface area contributed by atoms with Crippen molar-refractivity contribution < 1.29 is 13.9 Å². The van der Waals surface area contributed by atoms with Gasteiger partial charge in [0.2, 0.25) is 0 Å². The first-order valence-electron chi connectivity index (χ1n) is 8.75. The maximum Gasteiger partial charge on any atom is 0.173 e. The summed E-state index contributed by atoms with van der Waals surface area (Å²) in [6.45, 7) is 1.93. The Morgan fingerprint density at radius 1 is 1.17 bits per heavy atom. The van der Waals surface area contributed by atoms with E-state index in [4.69, 9.17) is 4.74 Å². The Kier molecular flexibility index (Phi) is 5.55. The third-order valence-corrected chi connectivity index (χ3v) is 6.17. The summed E-state index contributed by atoms with van der Waals surface area (Å²) < 4.78 is 19.3. The summed E-state index contributed by atoms with van der Waals surface area (Å²) in [5.74, 6) is 0.438. The van der Waals surface area contributed by atoms with Gasteiger partial charge in [-0.2, -0.15) is 0 Å². The number of methoxy groups -OCH3 is 1. The minimum Gasteiger partial charge on any atom is -0.497 e. The van der Waals surface area contributed by atoms with Crippen LogP contribution in [0.5, 0.6) is 5.75 Å². The Labute approximate surface area is 175 Å². The number of thioether (sulfide) groups is 1. The van der Waals surface area contributed by atoms with Crippen LogP contribution >= 0.6 is 23.1 Å². The highest BCUT2D eigenvalue weighted by Crippen LogP contribution is 2.36. The van der Waals surface area contributed by atoms with E-state index in [2.05, 4.69) is 15.2 Å². The molecule has 2 aromatic carbocycles. The number of aromatic nitrogens is 3. The Balaban J connectivity index is 1.64. The zero-order valence-corrected chi connectivity index (χ0v) is 17.3. The van der Waals surface area contributed by atoms with Gasteiger partial charge in [0.15, 0.2) is 5.78 Å². The van der Waals surface area contributed by atoms with Crippen molar-refractivity contribution in [2.75, 3.05) is 12.9 Å². The number of carbonyl (C=O) groups excluding carboxylic acids is 1. The Morgan fingerprint density at radius 3 is 2.72 bits per heavy atom. The molecule has 0 saturated carbocycles. The highest BCUT2D eigenvalue weighted by atomic mass is 32.2. The van der Waals surface area contributed by atoms with Crippen molar-refractivity contribution in [1.29, 1.82) is 0 Å². The van der Waals surface area contributed by atoms with Crippen LogP contribution < -0.4 is 4.74 Å². The molecule has 0 spiro atoms. The van der Waals surface area contributed by atoms with E-state index < -0.39 is 0 Å². The number of ketones is 1. The number of hydrogen-bond donors (Lipinski definition) is 0. The van der Waals surface area contributed by atoms with Crippen molar-refractivity contribution in [2.24, 2.45) is 0 Å². The zero-order valence-electron chi connectivity index (χ0n) is 15.7. The lowest BCUT2D eigenvalue weighted by atomic mass is 10.1. The van der Waals surface area contributed by atoms with Gasteiger partial charge in [0.1, 0.15) is 27.8 Å². The SMILES string of the molecule is COc1cccc(-c2nnc(SCC(=O)c3ccc(F)cc3)c3nc(C)sc23)c1. The predicted octanol–water partition coefficient (Wildman–Crippen LogP) is 5.18. The fourth-order valence-electron chi connectivity index (χ4n) is 2.83. The number of carbonyl (C=O) groups is 1. The van der Waals surface area contributed by atoms with E-state index >= 15 is 0 Å². The van der Waals surface area contributed by atoms with Crippen molar-refractivity contribution in [3.63, 3.8) is 0 Å². The zero-order chi connectivity index (χ0) is 20.4. The first-order chi connectivity index (χ1) is 14.0. The molecular weight excluding hydrogens is 409 g/mol. The van der Waals surface area contributed by atoms with E-state index in [0.717, 1.165) is 32.2 Å². The summed E-state index contributed by atoms with van der Waals surface area (Å²) in [4.78, 5) is 17.0. The van der Waals surface area contributed by atoms with E-state index in [1.54, 1.807) is 7.11 Å². The van der Waals surface area contributed by atoms with Crippen LogP contribution in [0.2, 0.25) is 0 Å². The van der Waals surface area contributed by atoms with Crippen LogP contribution in [0, 0.1) is 12.7 Å². The van der Waals surface area contributed by atoms with Crippen LogP contribution in [0.1, 0.15) is 15.4 Å². The van der Waals surface area contributed by atoms with Crippen LogP contribution in [0.3, 0.4) is 0 Å². The molecular formula is C21H16FN3O2S2. The second-order valence-corrected chi connectivity index (χ2v) is 8.38. The summed E-state index contributed by atoms with van der Waals surface area (Å²) in [5, 5.41) is 10.2. The molecule has 146 valence electrons. The second-order valence-electron chi connectivity index (χ2n) is 6.22. The standard InChI is InChI=1S/C21H16FN3O2S2/c1-12-23-19-20(29-12)18(14-4-3-5-16(10-14)27-2)24-25-21(19)28-11-17(26)13-6-8-15(22)9-7-13/h3-10H,11H2,1-2H3. The van der Waals surface area contributed by atoms with Crippen LogP contribution in [0.4, 0.5) is 4.39 Å². The van der Waals surface area contributed by atoms with E-state index in [-0.39, 0.29) is 17.4 Å². The summed E-state index contributed by atoms with van der Waals surface area (Å²) in [7, 11) is 1.62. The fraction of sp³-hybridized carbons (Fsp3) is 0.143. The second kappa shape index (κ2) is 8.26. The number of ether oxygens (including phenoxy) is 1. The van der Waals surface area contributed by atoms with Crippen molar-refractivity contribution >= 4 is 39.1 Å². The van der Waals surface area contributed by atoms with Gasteiger partial charge in [-0.1, -0.05) is 23.9 Å². The number of fused-ring (bicyclic) bond motifs is 1. The molecule has 8 heteroatoms. The van der Waals surface area contributed by atoms with E-state index in [9.17, 15) is 9.18 Å². The van der Waals surface area contributed by atoms with E-state index in [1.807, 2.05) is 31.2 Å². The third kappa shape index (κ3) is 4.13. The number of halogens is 1. The van der Waals surface area contributed by atoms with Crippen LogP contribution in [0.25, 0.3) is 21.5 Å². The lowest BCUT2D eigenvalue weighted by Crippen LogP contribution is -2.03. The fourth-order valence-corrected chi connectivity index (χ4v) is 4.64. The average Bonchev–Trinajstić information content (AvgIpc) is 3.13. The van der Waals surface area contributed by atoms with Crippen molar-refractivity contribution in [3.8, 4) is 17.0 Å². The number of rotatable bonds is 6. The van der Waals surface area contributed by atoms with Crippen molar-refractivity contribution in [3.05, 3.63) is 64.9 Å². The van der Waals surface area contributed by atoms with Gasteiger partial charge >= 0.3 is 0 Å². The lowest BCUT2D eigenvalue weighted by molar-refractivity contribution is 0.102. The van der Waals surface area contributed by atoms with Crippen molar-refractivity contribution in [1.82, 2.24) is 15.2 Å². The summed E-state index contributed by atoms with van der Waals surface area (Å²) in [5.41, 5.74) is 2.82. The van der Waals surface area contributed by atoms with Gasteiger partial charge in [0, 0.05) is 11.1 Å². The molecule has 0 atom stereocenters. The monoisotopic (exact) mass is 425 g/mol. The molecule has 0 saturated heterocycles. The number of Topliss-reactive ketones (excluding diaryl/α,β-unsaturated/α-hetero) is 1. The quantitative estimate of drug-likeness (QED) is 0.313. The first-order valence-corrected chi connectivity index (χ1v) is 10.5. The molecule has 29 heavy (non-hydrogen) atoms. The third-order valence-electron chi connectivity index (χ3n) is 4.24. The minimum atomic E-state index is -0.368. The van der Waals surface area contributed by atoms with Gasteiger partial charge in [-0.05, 0) is 43.3 Å². The smallest absolute Gasteiger partial charge is 0.173 e. The Hall–Kier alpha value is -2.84. The lowest BCUT2D eigenvalue weighted by Gasteiger charge is -2.06. The average molecular weight is 426 g/mol. The van der Waals surface area contributed by atoms with E-state index in [1.165, 1.54) is 47.4 Å². The molecule has 2 aromatic heterocycles. The molecule has 2 heterocycles. The molecule has 0 radical (unpaired) electrons. The van der Waals surface area contributed by atoms with Gasteiger partial charge in [-0.3, -0.25) is 4.79 Å². The number of thiazole rings is 1. The maximum absolute atomic E-state index is 13.1. The topological polar surface area (TPSA) is 65.0 Å². The predicted molar refractivity (Wildman–Crippen MR) is 113 cm³/mol. The highest BCUT2D eigenvalue weighted by molar-refractivity contribution is 8.00. The Bertz CT molecular complexity index is 1190. The number of hydrogen-bond acceptors (Lipinski definition) is 7. The molecule has 0 N–H and O–H groups in total. The summed E-state index contributed by atoms with van der Waals surface area (Å²) in [6, 6.07) is 13.2. The highest BCUT2D eigenvalue weighted by Gasteiger charge is 2.17. The molecule has 0 fully saturated rings. The first kappa shape index (κ1) is 19.5. The van der Waals surface area contributed by atoms with E-state index in [0.29, 0.717) is 10.6 Å². The molecule has 0 aliphatic rings. The van der Waals surface area contributed by atoms with Crippen LogP contribution in [-0.2, 0) is 0 Å². The number of benzene rings is 2. The molecule has 5 nitrogen and oxygen atoms in total. The van der Waals surface area contributed by atoms with Crippen molar-refractivity contribution in [2.45, 2.75) is 11.9 Å². The van der Waals surface area contributed by atoms with Gasteiger partial charge in [0.05, 0.1) is 22.6 Å². The Morgan fingerprint density at radius 2 is 1.97 bits per heavy atom. The molecule has 0 unspecified atom stereocenters. The van der Waals surface area contributed by atoms with Crippen LogP contribution in [-0.4, -0.2) is 33.8 Å². The minimum absolute atomic E-state index is 0.103. The summed E-state index contributed by atoms with van der Waals surface area (Å²) in [6.07, 6.45) is 0. The molecule has 0 bridgehead atoms. The maximum atomic E-state index is 13.1. The molecule has 0 aliphatic heterocycles. The molecule has 4 rings (SSSR count). The van der Waals surface area contributed by atoms with Gasteiger partial charge < -0.3 is 4.74 Å². The van der Waals surface area contributed by atoms with Crippen LogP contribution in [0.15, 0.2) is 53.6 Å². The number of nitrogens with zero attached hydrogens (tertiary/aromatic N) is 3. The normalized spacial score (nSPS) is 11.0. The van der Waals surface area contributed by atoms with Gasteiger partial charge in [0.25, 0.3) is 0 Å². The molecule has 4 aromatic rings. The molecule has 0 amide bonds. The van der Waals surface area contributed by atoms with Gasteiger partial charge in [-0.25, -0.2) is 9.37 Å².